The Labute approximate surface area is 222 Å². The van der Waals surface area contributed by atoms with Crippen LogP contribution in [0.5, 0.6) is 5.75 Å². The van der Waals surface area contributed by atoms with Gasteiger partial charge >= 0.3 is 0 Å². The Hall–Kier alpha value is -2.12. The van der Waals surface area contributed by atoms with E-state index < -0.39 is 0 Å². The molecular formula is C30H47N3O4. The minimum atomic E-state index is -0.304. The third-order valence-electron chi connectivity index (χ3n) is 8.69. The van der Waals surface area contributed by atoms with E-state index in [1.54, 1.807) is 11.0 Å². The second-order valence-electron chi connectivity index (χ2n) is 11.9. The quantitative estimate of drug-likeness (QED) is 0.515. The number of nitrogens with one attached hydrogen (secondary N) is 1. The van der Waals surface area contributed by atoms with E-state index in [2.05, 4.69) is 24.2 Å². The van der Waals surface area contributed by atoms with Crippen LogP contribution in [0, 0.1) is 17.8 Å². The molecule has 2 N–H and O–H groups in total. The van der Waals surface area contributed by atoms with Crippen LogP contribution in [0.25, 0.3) is 0 Å². The number of anilines is 1. The molecule has 3 aliphatic rings. The second-order valence-corrected chi connectivity index (χ2v) is 11.9. The molecule has 2 amide bonds. The van der Waals surface area contributed by atoms with Crippen LogP contribution in [-0.4, -0.2) is 72.2 Å². The molecule has 1 aromatic carbocycles. The summed E-state index contributed by atoms with van der Waals surface area (Å²) < 4.78 is 6.55. The molecule has 1 heterocycles. The highest BCUT2D eigenvalue weighted by atomic mass is 16.5. The topological polar surface area (TPSA) is 82.1 Å². The lowest BCUT2D eigenvalue weighted by atomic mass is 9.88. The number of carbonyl (C=O) groups is 2. The van der Waals surface area contributed by atoms with Gasteiger partial charge in [-0.2, -0.15) is 0 Å². The standard InChI is InChI=1S/C30H47N3O4/c1-21-17-33(22(2)20-34)30(36)26-16-25(31-29(35)24-12-8-5-9-13-24)14-15-27(26)37-28(21)19-32(3)18-23-10-6-4-7-11-23/h14-16,21-24,28,34H,4-13,17-20H2,1-3H3,(H,31,35)/t21-,22+,28+/m0/s1. The van der Waals surface area contributed by atoms with E-state index >= 15 is 0 Å². The summed E-state index contributed by atoms with van der Waals surface area (Å²) in [5.74, 6) is 1.32. The zero-order valence-electron chi connectivity index (χ0n) is 23.1. The van der Waals surface area contributed by atoms with Gasteiger partial charge in [0.1, 0.15) is 11.9 Å². The summed E-state index contributed by atoms with van der Waals surface area (Å²) in [6, 6.07) is 5.13. The van der Waals surface area contributed by atoms with Crippen molar-refractivity contribution in [3.8, 4) is 5.75 Å². The maximum atomic E-state index is 13.7. The highest BCUT2D eigenvalue weighted by Crippen LogP contribution is 2.32. The first-order chi connectivity index (χ1) is 17.9. The number of hydrogen-bond acceptors (Lipinski definition) is 5. The van der Waals surface area contributed by atoms with E-state index in [0.29, 0.717) is 23.5 Å². The van der Waals surface area contributed by atoms with Crippen molar-refractivity contribution in [3.05, 3.63) is 23.8 Å². The van der Waals surface area contributed by atoms with Crippen LogP contribution in [0.2, 0.25) is 0 Å². The third kappa shape index (κ3) is 7.26. The molecular weight excluding hydrogens is 466 g/mol. The van der Waals surface area contributed by atoms with Crippen LogP contribution in [0.4, 0.5) is 5.69 Å². The normalized spacial score (nSPS) is 24.7. The Bertz CT molecular complexity index is 910. The van der Waals surface area contributed by atoms with Crippen molar-refractivity contribution in [1.82, 2.24) is 9.80 Å². The average Bonchev–Trinajstić information content (AvgIpc) is 2.91. The molecule has 0 spiro atoms. The first kappa shape index (κ1) is 27.9. The first-order valence-corrected chi connectivity index (χ1v) is 14.6. The van der Waals surface area contributed by atoms with Gasteiger partial charge in [-0.25, -0.2) is 0 Å². The molecule has 0 unspecified atom stereocenters. The summed E-state index contributed by atoms with van der Waals surface area (Å²) in [7, 11) is 2.17. The van der Waals surface area contributed by atoms with Crippen molar-refractivity contribution in [2.24, 2.45) is 17.8 Å². The van der Waals surface area contributed by atoms with Crippen LogP contribution in [0.3, 0.4) is 0 Å². The fourth-order valence-electron chi connectivity index (χ4n) is 6.32. The number of ether oxygens (including phenoxy) is 1. The molecule has 2 aliphatic carbocycles. The lowest BCUT2D eigenvalue weighted by molar-refractivity contribution is -0.120. The predicted octanol–water partition coefficient (Wildman–Crippen LogP) is 4.94. The number of benzene rings is 1. The van der Waals surface area contributed by atoms with Gasteiger partial charge in [0.25, 0.3) is 5.91 Å². The monoisotopic (exact) mass is 513 g/mol. The Kier molecular flexibility index (Phi) is 9.88. The minimum Gasteiger partial charge on any atom is -0.488 e. The molecule has 1 aromatic rings. The van der Waals surface area contributed by atoms with Crippen molar-refractivity contribution in [1.29, 1.82) is 0 Å². The zero-order chi connectivity index (χ0) is 26.4. The molecule has 206 valence electrons. The molecule has 7 nitrogen and oxygen atoms in total. The van der Waals surface area contributed by atoms with Crippen molar-refractivity contribution in [2.45, 2.75) is 90.2 Å². The largest absolute Gasteiger partial charge is 0.488 e. The lowest BCUT2D eigenvalue weighted by Crippen LogP contribution is -2.50. The van der Waals surface area contributed by atoms with E-state index in [-0.39, 0.29) is 42.4 Å². The fourth-order valence-corrected chi connectivity index (χ4v) is 6.32. The summed E-state index contributed by atoms with van der Waals surface area (Å²) in [6.45, 7) is 6.28. The summed E-state index contributed by atoms with van der Waals surface area (Å²) in [4.78, 5) is 30.7. The van der Waals surface area contributed by atoms with Gasteiger partial charge in [-0.1, -0.05) is 45.4 Å². The number of amides is 2. The van der Waals surface area contributed by atoms with Gasteiger partial charge in [0.05, 0.1) is 18.2 Å². The number of hydrogen-bond donors (Lipinski definition) is 2. The number of aliphatic hydroxyl groups excluding tert-OH is 1. The van der Waals surface area contributed by atoms with Crippen molar-refractivity contribution in [2.75, 3.05) is 38.6 Å². The van der Waals surface area contributed by atoms with Gasteiger partial charge < -0.3 is 25.0 Å². The molecule has 4 rings (SSSR count). The molecule has 0 radical (unpaired) electrons. The highest BCUT2D eigenvalue weighted by Gasteiger charge is 2.34. The smallest absolute Gasteiger partial charge is 0.258 e. The molecule has 2 fully saturated rings. The van der Waals surface area contributed by atoms with Crippen LogP contribution >= 0.6 is 0 Å². The van der Waals surface area contributed by atoms with Crippen molar-refractivity contribution >= 4 is 17.5 Å². The number of likely N-dealkylation sites (N-methyl/N-ethyl adjacent to an activating group) is 1. The molecule has 1 aliphatic heterocycles. The van der Waals surface area contributed by atoms with E-state index in [9.17, 15) is 14.7 Å². The van der Waals surface area contributed by atoms with Gasteiger partial charge in [0.15, 0.2) is 0 Å². The summed E-state index contributed by atoms with van der Waals surface area (Å²) in [5.41, 5.74) is 1.08. The van der Waals surface area contributed by atoms with Gasteiger partial charge in [-0.3, -0.25) is 9.59 Å². The zero-order valence-corrected chi connectivity index (χ0v) is 23.1. The van der Waals surface area contributed by atoms with Crippen LogP contribution in [-0.2, 0) is 4.79 Å². The van der Waals surface area contributed by atoms with E-state index in [1.165, 1.54) is 38.5 Å². The molecule has 3 atom stereocenters. The van der Waals surface area contributed by atoms with Crippen LogP contribution < -0.4 is 10.1 Å². The van der Waals surface area contributed by atoms with Gasteiger partial charge in [-0.15, -0.1) is 0 Å². The average molecular weight is 514 g/mol. The molecule has 7 heteroatoms. The summed E-state index contributed by atoms with van der Waals surface area (Å²) in [5, 5.41) is 13.0. The van der Waals surface area contributed by atoms with Gasteiger partial charge in [-0.05, 0) is 63.8 Å². The molecule has 0 saturated heterocycles. The van der Waals surface area contributed by atoms with Crippen molar-refractivity contribution in [3.63, 3.8) is 0 Å². The minimum absolute atomic E-state index is 0.0373. The first-order valence-electron chi connectivity index (χ1n) is 14.6. The maximum Gasteiger partial charge on any atom is 0.258 e. The number of aliphatic hydroxyl groups is 1. The Balaban J connectivity index is 1.53. The maximum absolute atomic E-state index is 13.7. The van der Waals surface area contributed by atoms with Gasteiger partial charge in [0.2, 0.25) is 5.91 Å². The van der Waals surface area contributed by atoms with Crippen LogP contribution in [0.15, 0.2) is 18.2 Å². The Morgan fingerprint density at radius 3 is 2.46 bits per heavy atom. The SMILES string of the molecule is C[C@H](CO)N1C[C@H](C)[C@@H](CN(C)CC2CCCCC2)Oc2ccc(NC(=O)C3CCCCC3)cc2C1=O. The molecule has 0 aromatic heterocycles. The molecule has 0 bridgehead atoms. The number of nitrogens with zero attached hydrogens (tertiary/aromatic N) is 2. The number of fused-ring (bicyclic) bond motifs is 1. The van der Waals surface area contributed by atoms with E-state index in [0.717, 1.165) is 44.7 Å². The Morgan fingerprint density at radius 2 is 1.78 bits per heavy atom. The lowest BCUT2D eigenvalue weighted by Gasteiger charge is -2.38. The van der Waals surface area contributed by atoms with E-state index in [1.807, 2.05) is 19.1 Å². The third-order valence-corrected chi connectivity index (χ3v) is 8.69. The van der Waals surface area contributed by atoms with E-state index in [4.69, 9.17) is 4.74 Å². The number of carbonyl (C=O) groups excluding carboxylic acids is 2. The van der Waals surface area contributed by atoms with Crippen LogP contribution in [0.1, 0.15) is 88.4 Å². The number of rotatable bonds is 8. The summed E-state index contributed by atoms with van der Waals surface area (Å²) >= 11 is 0. The summed E-state index contributed by atoms with van der Waals surface area (Å²) in [6.07, 6.45) is 11.8. The second kappa shape index (κ2) is 13.1. The fraction of sp³-hybridized carbons (Fsp3) is 0.733. The van der Waals surface area contributed by atoms with Gasteiger partial charge in [0, 0.05) is 37.2 Å². The predicted molar refractivity (Wildman–Crippen MR) is 147 cm³/mol. The highest BCUT2D eigenvalue weighted by molar-refractivity contribution is 6.00. The molecule has 37 heavy (non-hydrogen) atoms. The molecule has 2 saturated carbocycles. The Morgan fingerprint density at radius 1 is 1.11 bits per heavy atom. The van der Waals surface area contributed by atoms with Crippen molar-refractivity contribution < 1.29 is 19.4 Å².